The Morgan fingerprint density at radius 2 is 1.67 bits per heavy atom. The molecule has 0 unspecified atom stereocenters. The molecule has 1 aliphatic rings. The van der Waals surface area contributed by atoms with Crippen molar-refractivity contribution in [3.8, 4) is 17.2 Å². The van der Waals surface area contributed by atoms with Gasteiger partial charge in [0, 0.05) is 17.0 Å². The number of nitrogens with two attached hydrogens (primary N) is 1. The van der Waals surface area contributed by atoms with E-state index < -0.39 is 11.2 Å². The predicted octanol–water partition coefficient (Wildman–Crippen LogP) is 6.78. The summed E-state index contributed by atoms with van der Waals surface area (Å²) in [5.74, 6) is 0.820. The Hall–Kier alpha value is -3.36. The van der Waals surface area contributed by atoms with E-state index in [-0.39, 0.29) is 38.1 Å². The lowest BCUT2D eigenvalue weighted by Gasteiger charge is -2.45. The molecule has 8 nitrogen and oxygen atoms in total. The number of aromatic nitrogens is 4. The van der Waals surface area contributed by atoms with Crippen molar-refractivity contribution >= 4 is 39.9 Å². The Balaban J connectivity index is 1.45. The molecular weight excluding hydrogens is 537 g/mol. The van der Waals surface area contributed by atoms with Gasteiger partial charge in [-0.1, -0.05) is 50.9 Å². The van der Waals surface area contributed by atoms with Gasteiger partial charge in [-0.05, 0) is 79.0 Å². The number of aryl methyl sites for hydroxylation is 1. The fourth-order valence-corrected chi connectivity index (χ4v) is 6.75. The second-order valence-corrected chi connectivity index (χ2v) is 12.9. The monoisotopic (exact) mass is 567 g/mol. The van der Waals surface area contributed by atoms with E-state index in [1.807, 2.05) is 18.2 Å². The van der Waals surface area contributed by atoms with Crippen LogP contribution in [0.15, 0.2) is 46.0 Å². The summed E-state index contributed by atoms with van der Waals surface area (Å²) in [5.41, 5.74) is 7.96. The van der Waals surface area contributed by atoms with Crippen LogP contribution in [0.5, 0.6) is 11.5 Å². The number of nitrogens with one attached hydrogen (secondary N) is 1. The molecule has 0 radical (unpaired) electrons. The molecule has 2 heterocycles. The van der Waals surface area contributed by atoms with E-state index in [4.69, 9.17) is 38.7 Å². The molecule has 0 bridgehead atoms. The Morgan fingerprint density at radius 3 is 2.31 bits per heavy atom. The topological polar surface area (TPSA) is 116 Å². The summed E-state index contributed by atoms with van der Waals surface area (Å²) in [4.78, 5) is 30.9. The highest BCUT2D eigenvalue weighted by Crippen LogP contribution is 2.51. The molecule has 0 spiro atoms. The molecule has 204 valence electrons. The van der Waals surface area contributed by atoms with E-state index in [1.165, 1.54) is 18.6 Å². The van der Waals surface area contributed by atoms with Crippen molar-refractivity contribution in [2.45, 2.75) is 59.8 Å². The lowest BCUT2D eigenvalue weighted by molar-refractivity contribution is 0.0956. The van der Waals surface area contributed by atoms with Crippen LogP contribution in [0.25, 0.3) is 16.6 Å². The summed E-state index contributed by atoms with van der Waals surface area (Å²) in [5, 5.41) is 5.10. The standard InChI is InChI=1S/C29H31Cl2N5O3/c1-15-8-23(16-12-28(2,3)14-29(4,5)13-16)33-22-7-6-18(11-19(15)22)39-24-20(30)9-17(10-21(24)31)36-27(38)34-26(37)25(32)35-36/h6-11,16H,12-14H2,1-5H3,(H2,32,35)(H,34,37,38). The first-order valence-electron chi connectivity index (χ1n) is 12.8. The minimum absolute atomic E-state index is 0.156. The molecule has 2 aromatic heterocycles. The molecule has 0 amide bonds. The molecule has 39 heavy (non-hydrogen) atoms. The van der Waals surface area contributed by atoms with Gasteiger partial charge in [-0.15, -0.1) is 5.10 Å². The summed E-state index contributed by atoms with van der Waals surface area (Å²) in [6.45, 7) is 11.5. The zero-order valence-electron chi connectivity index (χ0n) is 22.6. The molecule has 2 aromatic carbocycles. The van der Waals surface area contributed by atoms with E-state index in [0.717, 1.165) is 39.7 Å². The number of nitrogen functional groups attached to an aromatic ring is 1. The van der Waals surface area contributed by atoms with Gasteiger partial charge in [0.05, 0.1) is 21.2 Å². The second kappa shape index (κ2) is 9.68. The van der Waals surface area contributed by atoms with Crippen molar-refractivity contribution in [2.24, 2.45) is 10.8 Å². The molecule has 0 saturated heterocycles. The van der Waals surface area contributed by atoms with E-state index in [1.54, 1.807) is 0 Å². The lowest BCUT2D eigenvalue weighted by atomic mass is 9.61. The largest absolute Gasteiger partial charge is 0.454 e. The minimum Gasteiger partial charge on any atom is -0.454 e. The fourth-order valence-electron chi connectivity index (χ4n) is 6.20. The van der Waals surface area contributed by atoms with Crippen LogP contribution in [0.1, 0.15) is 64.1 Å². The molecule has 3 N–H and O–H groups in total. The van der Waals surface area contributed by atoms with Gasteiger partial charge < -0.3 is 10.5 Å². The van der Waals surface area contributed by atoms with Crippen molar-refractivity contribution in [2.75, 3.05) is 5.73 Å². The van der Waals surface area contributed by atoms with Crippen molar-refractivity contribution in [3.05, 3.63) is 78.5 Å². The molecule has 0 aliphatic heterocycles. The molecule has 0 atom stereocenters. The van der Waals surface area contributed by atoms with Gasteiger partial charge >= 0.3 is 5.69 Å². The Kier molecular flexibility index (Phi) is 6.75. The molecule has 10 heteroatoms. The number of nitrogens with zero attached hydrogens (tertiary/aromatic N) is 3. The lowest BCUT2D eigenvalue weighted by Crippen LogP contribution is -2.33. The highest BCUT2D eigenvalue weighted by Gasteiger charge is 2.39. The number of ether oxygens (including phenoxy) is 1. The van der Waals surface area contributed by atoms with Gasteiger partial charge in [-0.25, -0.2) is 4.79 Å². The molecule has 1 fully saturated rings. The van der Waals surface area contributed by atoms with Crippen LogP contribution in [-0.2, 0) is 0 Å². The summed E-state index contributed by atoms with van der Waals surface area (Å²) < 4.78 is 7.00. The number of hydrogen-bond acceptors (Lipinski definition) is 6. The second-order valence-electron chi connectivity index (χ2n) is 12.1. The van der Waals surface area contributed by atoms with E-state index in [9.17, 15) is 9.59 Å². The third-order valence-corrected chi connectivity index (χ3v) is 7.84. The van der Waals surface area contributed by atoms with Gasteiger partial charge in [-0.3, -0.25) is 14.8 Å². The Bertz CT molecular complexity index is 1690. The first kappa shape index (κ1) is 27.2. The smallest absolute Gasteiger partial charge is 0.349 e. The number of halogens is 2. The van der Waals surface area contributed by atoms with Crippen LogP contribution < -0.4 is 21.7 Å². The minimum atomic E-state index is -0.771. The maximum Gasteiger partial charge on any atom is 0.349 e. The molecule has 1 saturated carbocycles. The number of fused-ring (bicyclic) bond motifs is 1. The number of rotatable bonds is 4. The quantitative estimate of drug-likeness (QED) is 0.280. The number of aromatic amines is 1. The Labute approximate surface area is 236 Å². The van der Waals surface area contributed by atoms with Crippen molar-refractivity contribution < 1.29 is 4.74 Å². The number of H-pyrrole nitrogens is 1. The average molecular weight is 569 g/mol. The van der Waals surface area contributed by atoms with Crippen molar-refractivity contribution in [3.63, 3.8) is 0 Å². The zero-order valence-corrected chi connectivity index (χ0v) is 24.1. The summed E-state index contributed by atoms with van der Waals surface area (Å²) in [7, 11) is 0. The van der Waals surface area contributed by atoms with Crippen LogP contribution in [0.2, 0.25) is 10.0 Å². The molecule has 5 rings (SSSR count). The van der Waals surface area contributed by atoms with Crippen LogP contribution in [0.4, 0.5) is 5.82 Å². The van der Waals surface area contributed by atoms with E-state index in [2.05, 4.69) is 50.8 Å². The molecular formula is C29H31Cl2N5O3. The number of hydrogen-bond donors (Lipinski definition) is 2. The van der Waals surface area contributed by atoms with Crippen molar-refractivity contribution in [1.29, 1.82) is 0 Å². The number of anilines is 1. The maximum atomic E-state index is 12.2. The van der Waals surface area contributed by atoms with Gasteiger partial charge in [0.1, 0.15) is 5.75 Å². The fraction of sp³-hybridized carbons (Fsp3) is 0.379. The highest BCUT2D eigenvalue weighted by molar-refractivity contribution is 6.37. The predicted molar refractivity (Wildman–Crippen MR) is 156 cm³/mol. The molecule has 1 aliphatic carbocycles. The summed E-state index contributed by atoms with van der Waals surface area (Å²) in [6.07, 6.45) is 3.45. The van der Waals surface area contributed by atoms with Gasteiger partial charge in [-0.2, -0.15) is 4.68 Å². The SMILES string of the molecule is Cc1cc(C2CC(C)(C)CC(C)(C)C2)nc2ccc(Oc3c(Cl)cc(-n4nc(N)c(=O)[nH]c4=O)cc3Cl)cc12. The third kappa shape index (κ3) is 5.54. The van der Waals surface area contributed by atoms with Crippen LogP contribution in [-0.4, -0.2) is 19.7 Å². The number of pyridine rings is 1. The Morgan fingerprint density at radius 1 is 1.03 bits per heavy atom. The molecule has 4 aromatic rings. The van der Waals surface area contributed by atoms with Gasteiger partial charge in [0.25, 0.3) is 5.56 Å². The average Bonchev–Trinajstić information content (AvgIpc) is 2.82. The van der Waals surface area contributed by atoms with Crippen LogP contribution in [0.3, 0.4) is 0 Å². The first-order valence-corrected chi connectivity index (χ1v) is 13.5. The third-order valence-electron chi connectivity index (χ3n) is 7.28. The van der Waals surface area contributed by atoms with Gasteiger partial charge in [0.2, 0.25) is 5.82 Å². The summed E-state index contributed by atoms with van der Waals surface area (Å²) >= 11 is 13.0. The highest BCUT2D eigenvalue weighted by atomic mass is 35.5. The van der Waals surface area contributed by atoms with Crippen molar-refractivity contribution in [1.82, 2.24) is 19.7 Å². The van der Waals surface area contributed by atoms with Crippen LogP contribution >= 0.6 is 23.2 Å². The maximum absolute atomic E-state index is 12.2. The van der Waals surface area contributed by atoms with Gasteiger partial charge in [0.15, 0.2) is 5.75 Å². The first-order chi connectivity index (χ1) is 18.2. The zero-order chi connectivity index (χ0) is 28.3. The normalized spacial score (nSPS) is 16.9. The number of benzene rings is 2. The van der Waals surface area contributed by atoms with E-state index >= 15 is 0 Å². The van der Waals surface area contributed by atoms with E-state index in [0.29, 0.717) is 11.7 Å². The van der Waals surface area contributed by atoms with Crippen LogP contribution in [0, 0.1) is 17.8 Å². The summed E-state index contributed by atoms with van der Waals surface area (Å²) in [6, 6.07) is 10.8.